The molecule has 1 saturated carbocycles. The Morgan fingerprint density at radius 1 is 1.11 bits per heavy atom. The number of benzene rings is 1. The first-order valence-corrected chi connectivity index (χ1v) is 11.6. The van der Waals surface area contributed by atoms with Crippen LogP contribution in [0, 0.1) is 36.3 Å². The number of fused-ring (bicyclic) bond motifs is 1. The number of carbonyl (C=O) groups excluding carboxylic acids is 3. The van der Waals surface area contributed by atoms with E-state index in [0.717, 1.165) is 17.0 Å². The fourth-order valence-corrected chi connectivity index (χ4v) is 4.94. The highest BCUT2D eigenvalue weighted by Crippen LogP contribution is 2.53. The van der Waals surface area contributed by atoms with Crippen molar-refractivity contribution in [3.05, 3.63) is 45.9 Å². The van der Waals surface area contributed by atoms with Gasteiger partial charge in [-0.05, 0) is 18.8 Å². The Morgan fingerprint density at radius 2 is 1.76 bits per heavy atom. The number of cyclic esters (lactones) is 1. The summed E-state index contributed by atoms with van der Waals surface area (Å²) in [5.74, 6) is -5.29. The topological polar surface area (TPSA) is 132 Å². The third-order valence-corrected chi connectivity index (χ3v) is 6.85. The molecule has 2 saturated heterocycles. The van der Waals surface area contributed by atoms with Crippen molar-refractivity contribution in [2.24, 2.45) is 17.8 Å². The summed E-state index contributed by atoms with van der Waals surface area (Å²) in [7, 11) is 0. The summed E-state index contributed by atoms with van der Waals surface area (Å²) < 4.78 is 74.3. The molecule has 0 radical (unpaired) electrons. The lowest BCUT2D eigenvalue weighted by atomic mass is 10.2. The zero-order chi connectivity index (χ0) is 27.3. The van der Waals surface area contributed by atoms with Gasteiger partial charge in [0.25, 0.3) is 5.91 Å². The van der Waals surface area contributed by atoms with Crippen LogP contribution < -0.4 is 20.9 Å². The molecule has 2 aliphatic heterocycles. The van der Waals surface area contributed by atoms with Gasteiger partial charge in [0.15, 0.2) is 29.8 Å². The van der Waals surface area contributed by atoms with Crippen molar-refractivity contribution in [3.8, 4) is 0 Å². The lowest BCUT2D eigenvalue weighted by Crippen LogP contribution is -2.37. The number of alkyl halides is 2. The van der Waals surface area contributed by atoms with Crippen LogP contribution in [0.25, 0.3) is 0 Å². The fraction of sp³-hybridized carbons (Fsp3) is 0.478. The van der Waals surface area contributed by atoms with Gasteiger partial charge in [0, 0.05) is 25.2 Å². The molecule has 11 nitrogen and oxygen atoms in total. The van der Waals surface area contributed by atoms with E-state index in [0.29, 0.717) is 0 Å². The van der Waals surface area contributed by atoms with E-state index < -0.39 is 53.9 Å². The second-order valence-electron chi connectivity index (χ2n) is 9.22. The van der Waals surface area contributed by atoms with Gasteiger partial charge in [0.1, 0.15) is 11.8 Å². The summed E-state index contributed by atoms with van der Waals surface area (Å²) in [5.41, 5.74) is -0.444. The minimum atomic E-state index is -3.23. The number of ether oxygens (including phenoxy) is 2. The number of hydrogen-bond donors (Lipinski definition) is 1. The Hall–Kier alpha value is -4.04. The molecule has 0 bridgehead atoms. The summed E-state index contributed by atoms with van der Waals surface area (Å²) >= 11 is 0. The molecular weight excluding hydrogens is 522 g/mol. The quantitative estimate of drug-likeness (QED) is 0.392. The molecule has 1 aromatic carbocycles. The maximum Gasteiger partial charge on any atom is 0.519 e. The van der Waals surface area contributed by atoms with Crippen LogP contribution in [0.1, 0.15) is 11.5 Å². The zero-order valence-corrected chi connectivity index (χ0v) is 19.7. The molecule has 5 rings (SSSR count). The maximum absolute atomic E-state index is 15.0. The van der Waals surface area contributed by atoms with Crippen molar-refractivity contribution in [3.63, 3.8) is 0 Å². The molecule has 2 amide bonds. The van der Waals surface area contributed by atoms with E-state index in [1.807, 2.05) is 5.32 Å². The number of esters is 1. The standard InChI is InChI=1S/C23H21F4N3O8/c1-9-16(38-23(34)36-9)8-35-21(32)17-12-6-29(7-13(12)17)18-14(24)2-10(3-15(18)25)30-5-11(37-22(30)33)4-28-20(31)19(26)27/h2-3,11-13,17,19H,4-8H2,1H3,(H,28,31)/t11-,12-,13+,17?/m0/s1. The Balaban J connectivity index is 1.17. The lowest BCUT2D eigenvalue weighted by Gasteiger charge is -2.24. The SMILES string of the molecule is Cc1oc(=O)oc1COC(=O)C1[C@H]2CN(c3c(F)cc(N4C[C@H](CNC(=O)C(F)F)OC4=O)cc3F)C[C@@H]12. The molecule has 1 aromatic heterocycles. The van der Waals surface area contributed by atoms with Crippen LogP contribution in [0.2, 0.25) is 0 Å². The van der Waals surface area contributed by atoms with Gasteiger partial charge in [0.2, 0.25) is 0 Å². The molecule has 3 fully saturated rings. The Morgan fingerprint density at radius 3 is 2.34 bits per heavy atom. The third-order valence-electron chi connectivity index (χ3n) is 6.85. The van der Waals surface area contributed by atoms with E-state index in [9.17, 15) is 36.7 Å². The second kappa shape index (κ2) is 9.68. The zero-order valence-electron chi connectivity index (χ0n) is 19.7. The number of amides is 2. The molecule has 2 aromatic rings. The van der Waals surface area contributed by atoms with Crippen LogP contribution in [0.15, 0.2) is 25.8 Å². The van der Waals surface area contributed by atoms with Crippen LogP contribution in [-0.2, 0) is 25.7 Å². The number of aryl methyl sites for hydroxylation is 1. The van der Waals surface area contributed by atoms with Gasteiger partial charge in [-0.1, -0.05) is 0 Å². The molecule has 3 aliphatic rings. The summed E-state index contributed by atoms with van der Waals surface area (Å²) in [6.07, 6.45) is -5.15. The molecule has 15 heteroatoms. The van der Waals surface area contributed by atoms with Crippen molar-refractivity contribution in [2.75, 3.05) is 36.0 Å². The largest absolute Gasteiger partial charge is 0.519 e. The highest BCUT2D eigenvalue weighted by molar-refractivity contribution is 5.90. The van der Waals surface area contributed by atoms with Gasteiger partial charge in [-0.25, -0.2) is 18.4 Å². The van der Waals surface area contributed by atoms with E-state index in [1.54, 1.807) is 0 Å². The van der Waals surface area contributed by atoms with E-state index in [2.05, 4.69) is 0 Å². The number of nitrogens with zero attached hydrogens (tertiary/aromatic N) is 2. The molecule has 38 heavy (non-hydrogen) atoms. The van der Waals surface area contributed by atoms with Gasteiger partial charge in [0.05, 0.1) is 24.7 Å². The van der Waals surface area contributed by atoms with Gasteiger partial charge in [-0.2, -0.15) is 8.78 Å². The van der Waals surface area contributed by atoms with Crippen molar-refractivity contribution in [2.45, 2.75) is 26.1 Å². The van der Waals surface area contributed by atoms with Crippen LogP contribution >= 0.6 is 0 Å². The fourth-order valence-electron chi connectivity index (χ4n) is 4.94. The number of hydrogen-bond acceptors (Lipinski definition) is 9. The van der Waals surface area contributed by atoms with E-state index in [4.69, 9.17) is 18.3 Å². The van der Waals surface area contributed by atoms with Gasteiger partial charge < -0.3 is 28.5 Å². The summed E-state index contributed by atoms with van der Waals surface area (Å²) in [6, 6.07) is 1.91. The molecular formula is C23H21F4N3O8. The average Bonchev–Trinajstić information content (AvgIpc) is 3.13. The first-order chi connectivity index (χ1) is 18.0. The smallest absolute Gasteiger partial charge is 0.457 e. The van der Waals surface area contributed by atoms with E-state index in [1.165, 1.54) is 11.8 Å². The normalized spacial score (nSPS) is 24.0. The van der Waals surface area contributed by atoms with Crippen molar-refractivity contribution < 1.29 is 50.3 Å². The van der Waals surface area contributed by atoms with E-state index in [-0.39, 0.29) is 67.5 Å². The summed E-state index contributed by atoms with van der Waals surface area (Å²) in [5, 5.41) is 1.92. The first kappa shape index (κ1) is 25.6. The molecule has 1 N–H and O–H groups in total. The van der Waals surface area contributed by atoms with Crippen LogP contribution in [-0.4, -0.2) is 56.7 Å². The number of carbonyl (C=O) groups is 3. The maximum atomic E-state index is 15.0. The minimum absolute atomic E-state index is 0.103. The van der Waals surface area contributed by atoms with Gasteiger partial charge in [-0.15, -0.1) is 0 Å². The molecule has 3 heterocycles. The molecule has 0 spiro atoms. The molecule has 4 atom stereocenters. The Kier molecular flexibility index (Phi) is 6.53. The highest BCUT2D eigenvalue weighted by atomic mass is 19.3. The predicted molar refractivity (Wildman–Crippen MR) is 117 cm³/mol. The third kappa shape index (κ3) is 4.79. The summed E-state index contributed by atoms with van der Waals surface area (Å²) in [4.78, 5) is 49.1. The molecule has 204 valence electrons. The van der Waals surface area contributed by atoms with Gasteiger partial charge >= 0.3 is 24.3 Å². The number of piperidine rings is 1. The van der Waals surface area contributed by atoms with Crippen LogP contribution in [0.4, 0.5) is 33.7 Å². The van der Waals surface area contributed by atoms with Gasteiger partial charge in [-0.3, -0.25) is 14.5 Å². The van der Waals surface area contributed by atoms with Crippen molar-refractivity contribution >= 4 is 29.3 Å². The lowest BCUT2D eigenvalue weighted by molar-refractivity contribution is -0.148. The first-order valence-electron chi connectivity index (χ1n) is 11.6. The molecule has 1 unspecified atom stereocenters. The molecule has 1 aliphatic carbocycles. The number of rotatable bonds is 8. The monoisotopic (exact) mass is 543 g/mol. The van der Waals surface area contributed by atoms with Crippen molar-refractivity contribution in [1.82, 2.24) is 5.32 Å². The van der Waals surface area contributed by atoms with Crippen LogP contribution in [0.3, 0.4) is 0 Å². The van der Waals surface area contributed by atoms with Crippen molar-refractivity contribution in [1.29, 1.82) is 0 Å². The minimum Gasteiger partial charge on any atom is -0.457 e. The average molecular weight is 543 g/mol. The Bertz CT molecular complexity index is 1310. The highest BCUT2D eigenvalue weighted by Gasteiger charge is 2.61. The number of anilines is 2. The Labute approximate surface area is 211 Å². The van der Waals surface area contributed by atoms with Crippen LogP contribution in [0.5, 0.6) is 0 Å². The number of halogens is 4. The summed E-state index contributed by atoms with van der Waals surface area (Å²) in [6.45, 7) is 1.04. The second-order valence-corrected chi connectivity index (χ2v) is 9.22. The number of nitrogens with one attached hydrogen (secondary N) is 1. The predicted octanol–water partition coefficient (Wildman–Crippen LogP) is 1.95. The van der Waals surface area contributed by atoms with E-state index >= 15 is 0 Å².